The lowest BCUT2D eigenvalue weighted by atomic mass is 10.0. The molecule has 276 valence electrons. The number of carbonyl (C=O) groups is 5. The van der Waals surface area contributed by atoms with Crippen LogP contribution in [0.1, 0.15) is 37.8 Å². The molecule has 0 aliphatic carbocycles. The number of rotatable bonds is 21. The molecular weight excluding hydrogens is 689 g/mol. The molecule has 16 heteroatoms. The first-order valence-corrected chi connectivity index (χ1v) is 17.4. The van der Waals surface area contributed by atoms with Gasteiger partial charge in [0.05, 0.1) is 13.2 Å². The van der Waals surface area contributed by atoms with Crippen LogP contribution in [0.3, 0.4) is 0 Å². The molecule has 0 saturated carbocycles. The lowest BCUT2D eigenvalue weighted by Gasteiger charge is -2.24. The molecule has 0 bridgehead atoms. The van der Waals surface area contributed by atoms with Gasteiger partial charge in [0, 0.05) is 49.2 Å². The second kappa shape index (κ2) is 22.4. The van der Waals surface area contributed by atoms with Crippen molar-refractivity contribution in [1.29, 1.82) is 0 Å². The van der Waals surface area contributed by atoms with Crippen LogP contribution in [-0.4, -0.2) is 93.6 Å². The Kier molecular flexibility index (Phi) is 18.8. The summed E-state index contributed by atoms with van der Waals surface area (Å²) < 4.78 is 10.2. The molecule has 0 heterocycles. The number of benzene rings is 2. The van der Waals surface area contributed by atoms with Crippen LogP contribution in [0.2, 0.25) is 0 Å². The summed E-state index contributed by atoms with van der Waals surface area (Å²) in [5, 5.41) is 13.6. The van der Waals surface area contributed by atoms with Gasteiger partial charge in [-0.05, 0) is 61.2 Å². The first kappa shape index (κ1) is 41.9. The van der Waals surface area contributed by atoms with Crippen molar-refractivity contribution in [2.24, 2.45) is 11.7 Å². The van der Waals surface area contributed by atoms with Crippen LogP contribution in [0.5, 0.6) is 0 Å². The van der Waals surface area contributed by atoms with E-state index >= 15 is 0 Å². The van der Waals surface area contributed by atoms with Gasteiger partial charge >= 0.3 is 18.1 Å². The molecule has 0 spiro atoms. The van der Waals surface area contributed by atoms with E-state index in [4.69, 9.17) is 38.4 Å². The maximum absolute atomic E-state index is 13.2. The Morgan fingerprint density at radius 2 is 1.48 bits per heavy atom. The molecule has 0 aliphatic heterocycles. The number of nitrogens with two attached hydrogens (primary N) is 1. The Morgan fingerprint density at radius 3 is 2.02 bits per heavy atom. The van der Waals surface area contributed by atoms with E-state index in [1.807, 2.05) is 38.1 Å². The predicted octanol–water partition coefficient (Wildman–Crippen LogP) is 3.10. The summed E-state index contributed by atoms with van der Waals surface area (Å²) in [5.41, 5.74) is 7.94. The van der Waals surface area contributed by atoms with Gasteiger partial charge in [-0.2, -0.15) is 0 Å². The molecule has 2 aromatic rings. The molecule has 1 unspecified atom stereocenters. The number of esters is 1. The van der Waals surface area contributed by atoms with Crippen molar-refractivity contribution in [2.75, 3.05) is 55.8 Å². The topological polar surface area (TPSA) is 193 Å². The van der Waals surface area contributed by atoms with Crippen LogP contribution in [0.25, 0.3) is 0 Å². The predicted molar refractivity (Wildman–Crippen MR) is 194 cm³/mol. The van der Waals surface area contributed by atoms with Crippen molar-refractivity contribution in [3.8, 4) is 0 Å². The fraction of sp³-hybridized carbons (Fsp3) is 0.500. The van der Waals surface area contributed by atoms with E-state index in [1.54, 1.807) is 31.3 Å². The van der Waals surface area contributed by atoms with Crippen molar-refractivity contribution in [1.82, 2.24) is 21.3 Å². The number of likely N-dealkylation sites (N-methyl/N-ethyl adjacent to an activating group) is 1. The van der Waals surface area contributed by atoms with Crippen molar-refractivity contribution in [2.45, 2.75) is 57.8 Å². The maximum Gasteiger partial charge on any atom is 0.408 e. The zero-order valence-electron chi connectivity index (χ0n) is 28.9. The highest BCUT2D eigenvalue weighted by Gasteiger charge is 2.27. The van der Waals surface area contributed by atoms with Crippen LogP contribution < -0.4 is 37.2 Å². The number of anilines is 2. The molecule has 0 fully saturated rings. The van der Waals surface area contributed by atoms with Gasteiger partial charge in [0.2, 0.25) is 11.8 Å². The van der Waals surface area contributed by atoms with Gasteiger partial charge in [-0.1, -0.05) is 38.1 Å². The van der Waals surface area contributed by atoms with Gasteiger partial charge in [-0.15, -0.1) is 23.2 Å². The monoisotopic (exact) mass is 737 g/mol. The summed E-state index contributed by atoms with van der Waals surface area (Å²) in [6.07, 6.45) is 0.0257. The average molecular weight is 739 g/mol. The summed E-state index contributed by atoms with van der Waals surface area (Å²) >= 11 is 11.8. The highest BCUT2D eigenvalue weighted by molar-refractivity contribution is 6.18. The minimum atomic E-state index is -0.985. The van der Waals surface area contributed by atoms with E-state index in [0.717, 1.165) is 11.3 Å². The van der Waals surface area contributed by atoms with E-state index in [-0.39, 0.29) is 37.8 Å². The van der Waals surface area contributed by atoms with E-state index in [0.29, 0.717) is 42.5 Å². The van der Waals surface area contributed by atoms with Crippen LogP contribution in [-0.2, 0) is 36.9 Å². The fourth-order valence-electron chi connectivity index (χ4n) is 5.05. The number of nitrogens with one attached hydrogen (secondary N) is 5. The quantitative estimate of drug-likeness (QED) is 0.0635. The number of halogens is 2. The van der Waals surface area contributed by atoms with Crippen LogP contribution in [0.15, 0.2) is 48.5 Å². The van der Waals surface area contributed by atoms with Crippen molar-refractivity contribution in [3.63, 3.8) is 0 Å². The lowest BCUT2D eigenvalue weighted by molar-refractivity contribution is -0.143. The van der Waals surface area contributed by atoms with E-state index in [9.17, 15) is 24.0 Å². The zero-order chi connectivity index (χ0) is 37.1. The largest absolute Gasteiger partial charge is 0.467 e. The third kappa shape index (κ3) is 14.7. The highest BCUT2D eigenvalue weighted by Crippen LogP contribution is 2.17. The molecular formula is C34H49Cl2N7O7. The molecule has 14 nitrogen and oxygen atoms in total. The number of ether oxygens (including phenoxy) is 2. The Balaban J connectivity index is 1.98. The zero-order valence-corrected chi connectivity index (χ0v) is 30.4. The van der Waals surface area contributed by atoms with Crippen LogP contribution >= 0.6 is 23.2 Å². The second-order valence-corrected chi connectivity index (χ2v) is 12.5. The number of hydrogen-bond donors (Lipinski definition) is 6. The molecule has 0 radical (unpaired) electrons. The van der Waals surface area contributed by atoms with Crippen LogP contribution in [0.4, 0.5) is 21.0 Å². The fourth-order valence-corrected chi connectivity index (χ4v) is 5.46. The van der Waals surface area contributed by atoms with Gasteiger partial charge in [0.1, 0.15) is 18.7 Å². The van der Waals surface area contributed by atoms with E-state index < -0.39 is 42.1 Å². The third-order valence-corrected chi connectivity index (χ3v) is 8.02. The Labute approximate surface area is 303 Å². The smallest absolute Gasteiger partial charge is 0.408 e. The number of urea groups is 1. The van der Waals surface area contributed by atoms with Crippen molar-refractivity contribution in [3.05, 3.63) is 59.7 Å². The van der Waals surface area contributed by atoms with Crippen LogP contribution in [0, 0.1) is 5.92 Å². The van der Waals surface area contributed by atoms with E-state index in [1.165, 1.54) is 7.11 Å². The molecule has 7 N–H and O–H groups in total. The molecule has 0 aliphatic rings. The minimum absolute atomic E-state index is 0.0132. The molecule has 3 atom stereocenters. The number of nitrogens with zero attached hydrogens (tertiary/aromatic N) is 1. The molecule has 0 saturated heterocycles. The average Bonchev–Trinajstić information content (AvgIpc) is 3.08. The molecule has 0 aromatic heterocycles. The number of hydrogen-bond acceptors (Lipinski definition) is 9. The summed E-state index contributed by atoms with van der Waals surface area (Å²) in [5.74, 6) is -0.495. The van der Waals surface area contributed by atoms with Gasteiger partial charge in [-0.25, -0.2) is 14.4 Å². The second-order valence-electron chi connectivity index (χ2n) is 11.7. The first-order valence-electron chi connectivity index (χ1n) is 16.3. The van der Waals surface area contributed by atoms with Crippen molar-refractivity contribution < 1.29 is 33.4 Å². The number of methoxy groups -OCH3 is 1. The standard InChI is InChI=1S/C34H49Cl2N7O7/c1-22(2)29(38-3)31(45)41-27(6-5-17-39-33(37)47)30(44)40-25-11-7-24(8-12-25)21-50-34(48)42-28(32(46)49-4)20-23-9-13-26(14-10-23)43(18-15-35)19-16-36/h7-14,22,27-29,38H,5-6,15-21H2,1-4H3,(H,40,44)(H,41,45)(H,42,48)(H3,37,39,47)/t27-,28?,29-/m0/s1. The molecule has 50 heavy (non-hydrogen) atoms. The number of amides is 5. The molecule has 5 amide bonds. The lowest BCUT2D eigenvalue weighted by Crippen LogP contribution is -2.52. The highest BCUT2D eigenvalue weighted by atomic mass is 35.5. The van der Waals surface area contributed by atoms with Crippen molar-refractivity contribution >= 4 is 64.5 Å². The first-order chi connectivity index (χ1) is 23.9. The number of primary amides is 1. The number of alkyl carbamates (subject to hydrolysis) is 1. The van der Waals surface area contributed by atoms with Gasteiger partial charge in [0.25, 0.3) is 0 Å². The van der Waals surface area contributed by atoms with E-state index in [2.05, 4.69) is 31.5 Å². The van der Waals surface area contributed by atoms with Gasteiger partial charge in [-0.3, -0.25) is 9.59 Å². The Bertz CT molecular complexity index is 1380. The maximum atomic E-state index is 13.2. The summed E-state index contributed by atoms with van der Waals surface area (Å²) in [6.45, 7) is 5.19. The molecule has 2 aromatic carbocycles. The Morgan fingerprint density at radius 1 is 0.860 bits per heavy atom. The SMILES string of the molecule is CN[C@H](C(=O)N[C@@H](CCCNC(N)=O)C(=O)Nc1ccc(COC(=O)NC(Cc2ccc(N(CCCl)CCCl)cc2)C(=O)OC)cc1)C(C)C. The third-order valence-electron chi connectivity index (χ3n) is 7.68. The number of carbonyl (C=O) groups excluding carboxylic acids is 5. The normalized spacial score (nSPS) is 12.6. The minimum Gasteiger partial charge on any atom is -0.467 e. The molecule has 2 rings (SSSR count). The summed E-state index contributed by atoms with van der Waals surface area (Å²) in [7, 11) is 2.91. The van der Waals surface area contributed by atoms with Gasteiger partial charge < -0.3 is 46.7 Å². The summed E-state index contributed by atoms with van der Waals surface area (Å²) in [6, 6.07) is 11.1. The Hall–Kier alpha value is -4.27. The van der Waals surface area contributed by atoms with Gasteiger partial charge in [0.15, 0.2) is 0 Å². The number of alkyl halides is 2. The summed E-state index contributed by atoms with van der Waals surface area (Å²) in [4.78, 5) is 64.2.